The van der Waals surface area contributed by atoms with Gasteiger partial charge in [0, 0.05) is 13.2 Å². The average Bonchev–Trinajstić information content (AvgIpc) is 2.68. The van der Waals surface area contributed by atoms with Gasteiger partial charge in [0.1, 0.15) is 0 Å². The van der Waals surface area contributed by atoms with Gasteiger partial charge in [0.15, 0.2) is 0 Å². The van der Waals surface area contributed by atoms with E-state index in [1.54, 1.807) is 0 Å². The lowest BCUT2D eigenvalue weighted by Crippen LogP contribution is -2.20. The third-order valence-electron chi connectivity index (χ3n) is 3.03. The number of nitrogens with zero attached hydrogens (tertiary/aromatic N) is 2. The number of hydrogen-bond donors (Lipinski definition) is 1. The topological polar surface area (TPSA) is 29.9 Å². The van der Waals surface area contributed by atoms with E-state index in [1.807, 2.05) is 17.9 Å². The Morgan fingerprint density at radius 3 is 3.00 bits per heavy atom. The molecule has 0 saturated heterocycles. The Kier molecular flexibility index (Phi) is 2.87. The van der Waals surface area contributed by atoms with Gasteiger partial charge >= 0.3 is 0 Å². The number of rotatable bonds is 5. The van der Waals surface area contributed by atoms with E-state index in [4.69, 9.17) is 0 Å². The number of aromatic nitrogens is 2. The highest BCUT2D eigenvalue weighted by Crippen LogP contribution is 2.36. The van der Waals surface area contributed by atoms with Gasteiger partial charge in [0.05, 0.1) is 6.20 Å². The third kappa shape index (κ3) is 2.58. The summed E-state index contributed by atoms with van der Waals surface area (Å²) in [6, 6.07) is 0. The highest BCUT2D eigenvalue weighted by molar-refractivity contribution is 5.03. The molecule has 1 saturated carbocycles. The second-order valence-electron chi connectivity index (χ2n) is 4.45. The number of aryl methyl sites for hydroxylation is 1. The van der Waals surface area contributed by atoms with E-state index in [-0.39, 0.29) is 0 Å². The molecular weight excluding hydrogens is 174 g/mol. The van der Waals surface area contributed by atoms with Crippen molar-refractivity contribution < 1.29 is 0 Å². The molecule has 78 valence electrons. The first-order chi connectivity index (χ1) is 6.75. The monoisotopic (exact) mass is 193 g/mol. The normalized spacial score (nSPS) is 25.3. The second-order valence-corrected chi connectivity index (χ2v) is 4.45. The SMILES string of the molecule is CC1CC1CNCCc1cnn(C)c1. The van der Waals surface area contributed by atoms with Crippen LogP contribution in [0.2, 0.25) is 0 Å². The number of hydrogen-bond acceptors (Lipinski definition) is 2. The van der Waals surface area contributed by atoms with Crippen LogP contribution in [0, 0.1) is 11.8 Å². The maximum atomic E-state index is 4.14. The van der Waals surface area contributed by atoms with Crippen LogP contribution in [0.1, 0.15) is 18.9 Å². The van der Waals surface area contributed by atoms with Crippen molar-refractivity contribution >= 4 is 0 Å². The molecule has 2 rings (SSSR count). The highest BCUT2D eigenvalue weighted by atomic mass is 15.2. The van der Waals surface area contributed by atoms with Crippen molar-refractivity contribution in [3.63, 3.8) is 0 Å². The Balaban J connectivity index is 1.59. The van der Waals surface area contributed by atoms with Gasteiger partial charge in [-0.05, 0) is 43.3 Å². The van der Waals surface area contributed by atoms with E-state index in [0.29, 0.717) is 0 Å². The summed E-state index contributed by atoms with van der Waals surface area (Å²) in [5.74, 6) is 1.91. The molecule has 14 heavy (non-hydrogen) atoms. The Labute approximate surface area is 85.5 Å². The fraction of sp³-hybridized carbons (Fsp3) is 0.727. The molecule has 2 unspecified atom stereocenters. The van der Waals surface area contributed by atoms with Crippen LogP contribution in [-0.4, -0.2) is 22.9 Å². The first-order valence-corrected chi connectivity index (χ1v) is 5.44. The summed E-state index contributed by atoms with van der Waals surface area (Å²) in [4.78, 5) is 0. The highest BCUT2D eigenvalue weighted by Gasteiger charge is 2.31. The van der Waals surface area contributed by atoms with Crippen LogP contribution in [-0.2, 0) is 13.5 Å². The quantitative estimate of drug-likeness (QED) is 0.712. The number of nitrogens with one attached hydrogen (secondary N) is 1. The van der Waals surface area contributed by atoms with Crippen molar-refractivity contribution in [2.24, 2.45) is 18.9 Å². The Morgan fingerprint density at radius 2 is 2.43 bits per heavy atom. The van der Waals surface area contributed by atoms with Crippen LogP contribution < -0.4 is 5.32 Å². The summed E-state index contributed by atoms with van der Waals surface area (Å²) < 4.78 is 1.86. The maximum Gasteiger partial charge on any atom is 0.0522 e. The predicted octanol–water partition coefficient (Wildman–Crippen LogP) is 1.21. The first kappa shape index (κ1) is 9.71. The van der Waals surface area contributed by atoms with Gasteiger partial charge in [-0.1, -0.05) is 6.92 Å². The lowest BCUT2D eigenvalue weighted by atomic mass is 10.2. The zero-order valence-corrected chi connectivity index (χ0v) is 9.03. The molecule has 0 amide bonds. The van der Waals surface area contributed by atoms with Crippen molar-refractivity contribution in [1.82, 2.24) is 15.1 Å². The lowest BCUT2D eigenvalue weighted by Gasteiger charge is -2.01. The van der Waals surface area contributed by atoms with Crippen LogP contribution in [0.5, 0.6) is 0 Å². The van der Waals surface area contributed by atoms with Crippen molar-refractivity contribution in [3.05, 3.63) is 18.0 Å². The van der Waals surface area contributed by atoms with E-state index in [1.165, 1.54) is 18.5 Å². The zero-order chi connectivity index (χ0) is 9.97. The molecule has 1 aliphatic carbocycles. The summed E-state index contributed by atoms with van der Waals surface area (Å²) in [7, 11) is 1.96. The van der Waals surface area contributed by atoms with Crippen LogP contribution in [0.4, 0.5) is 0 Å². The molecule has 1 aromatic rings. The molecule has 1 heterocycles. The average molecular weight is 193 g/mol. The summed E-state index contributed by atoms with van der Waals surface area (Å²) in [6.45, 7) is 4.60. The smallest absolute Gasteiger partial charge is 0.0522 e. The fourth-order valence-electron chi connectivity index (χ4n) is 1.80. The van der Waals surface area contributed by atoms with Gasteiger partial charge < -0.3 is 5.32 Å². The van der Waals surface area contributed by atoms with E-state index >= 15 is 0 Å². The van der Waals surface area contributed by atoms with Crippen LogP contribution in [0.3, 0.4) is 0 Å². The van der Waals surface area contributed by atoms with E-state index in [2.05, 4.69) is 23.5 Å². The standard InChI is InChI=1S/C11H19N3/c1-9-5-11(9)7-12-4-3-10-6-13-14(2)8-10/h6,8-9,11-12H,3-5,7H2,1-2H3. The van der Waals surface area contributed by atoms with Gasteiger partial charge in [-0.15, -0.1) is 0 Å². The molecule has 1 N–H and O–H groups in total. The molecule has 0 aromatic carbocycles. The Hall–Kier alpha value is -0.830. The molecule has 1 aromatic heterocycles. The van der Waals surface area contributed by atoms with Gasteiger partial charge in [-0.25, -0.2) is 0 Å². The molecule has 0 aliphatic heterocycles. The minimum absolute atomic E-state index is 0.948. The van der Waals surface area contributed by atoms with Crippen molar-refractivity contribution in [2.45, 2.75) is 19.8 Å². The van der Waals surface area contributed by atoms with Gasteiger partial charge in [-0.3, -0.25) is 4.68 Å². The van der Waals surface area contributed by atoms with Crippen LogP contribution >= 0.6 is 0 Å². The summed E-state index contributed by atoms with van der Waals surface area (Å²) in [5.41, 5.74) is 1.32. The molecule has 1 fully saturated rings. The van der Waals surface area contributed by atoms with Crippen molar-refractivity contribution in [2.75, 3.05) is 13.1 Å². The largest absolute Gasteiger partial charge is 0.316 e. The first-order valence-electron chi connectivity index (χ1n) is 5.44. The van der Waals surface area contributed by atoms with Gasteiger partial charge in [0.25, 0.3) is 0 Å². The van der Waals surface area contributed by atoms with Crippen LogP contribution in [0.15, 0.2) is 12.4 Å². The van der Waals surface area contributed by atoms with Crippen molar-refractivity contribution in [3.8, 4) is 0 Å². The predicted molar refractivity (Wildman–Crippen MR) is 57.1 cm³/mol. The minimum atomic E-state index is 0.948. The third-order valence-corrected chi connectivity index (χ3v) is 3.03. The molecule has 1 aliphatic rings. The van der Waals surface area contributed by atoms with Gasteiger partial charge in [-0.2, -0.15) is 5.10 Å². The molecule has 3 heteroatoms. The summed E-state index contributed by atoms with van der Waals surface area (Å²) >= 11 is 0. The second kappa shape index (κ2) is 4.13. The molecule has 0 spiro atoms. The van der Waals surface area contributed by atoms with E-state index < -0.39 is 0 Å². The minimum Gasteiger partial charge on any atom is -0.316 e. The van der Waals surface area contributed by atoms with E-state index in [0.717, 1.165) is 24.8 Å². The van der Waals surface area contributed by atoms with E-state index in [9.17, 15) is 0 Å². The molecular formula is C11H19N3. The summed E-state index contributed by atoms with van der Waals surface area (Å²) in [6.07, 6.45) is 6.54. The molecule has 3 nitrogen and oxygen atoms in total. The Morgan fingerprint density at radius 1 is 1.64 bits per heavy atom. The molecule has 0 radical (unpaired) electrons. The Bertz CT molecular complexity index is 292. The maximum absolute atomic E-state index is 4.14. The fourth-order valence-corrected chi connectivity index (χ4v) is 1.80. The summed E-state index contributed by atoms with van der Waals surface area (Å²) in [5, 5.41) is 7.64. The zero-order valence-electron chi connectivity index (χ0n) is 9.03. The lowest BCUT2D eigenvalue weighted by molar-refractivity contribution is 0.612. The molecule has 0 bridgehead atoms. The molecule has 2 atom stereocenters. The van der Waals surface area contributed by atoms with Gasteiger partial charge in [0.2, 0.25) is 0 Å². The van der Waals surface area contributed by atoms with Crippen molar-refractivity contribution in [1.29, 1.82) is 0 Å². The van der Waals surface area contributed by atoms with Crippen LogP contribution in [0.25, 0.3) is 0 Å².